The molecule has 0 spiro atoms. The summed E-state index contributed by atoms with van der Waals surface area (Å²) in [7, 11) is 0. The third kappa shape index (κ3) is 4.40. The first-order valence-corrected chi connectivity index (χ1v) is 5.72. The Balaban J connectivity index is 2.86. The zero-order chi connectivity index (χ0) is 13.5. The van der Waals surface area contributed by atoms with Crippen molar-refractivity contribution in [2.24, 2.45) is 16.5 Å². The molecule has 1 aromatic carbocycles. The Hall–Kier alpha value is -2.11. The number of anilines is 1. The van der Waals surface area contributed by atoms with Crippen LogP contribution < -0.4 is 16.8 Å². The number of guanidine groups is 1. The van der Waals surface area contributed by atoms with Crippen molar-refractivity contribution in [3.05, 3.63) is 29.6 Å². The van der Waals surface area contributed by atoms with E-state index in [4.69, 9.17) is 11.5 Å². The summed E-state index contributed by atoms with van der Waals surface area (Å²) in [5.41, 5.74) is 11.5. The summed E-state index contributed by atoms with van der Waals surface area (Å²) in [5, 5.41) is 2.52. The molecule has 2 amide bonds. The molecule has 0 saturated carbocycles. The van der Waals surface area contributed by atoms with Gasteiger partial charge in [0.05, 0.1) is 0 Å². The van der Waals surface area contributed by atoms with E-state index in [0.29, 0.717) is 12.1 Å². The predicted molar refractivity (Wildman–Crippen MR) is 69.8 cm³/mol. The largest absolute Gasteiger partial charge is 0.370 e. The highest BCUT2D eigenvalue weighted by Crippen LogP contribution is 2.19. The standard InChI is InChI=1S/C12H17FN4O/c1-2-3-4-8-7-9(13)5-6-10(8)16-12(18)17-11(14)15/h5-7H,2-4H2,1H3,(H5,14,15,16,17,18). The number of nitrogens with zero attached hydrogens (tertiary/aromatic N) is 1. The number of hydrogen-bond donors (Lipinski definition) is 3. The second-order valence-electron chi connectivity index (χ2n) is 3.87. The van der Waals surface area contributed by atoms with E-state index in [0.717, 1.165) is 18.4 Å². The normalized spacial score (nSPS) is 9.89. The molecule has 5 N–H and O–H groups in total. The maximum Gasteiger partial charge on any atom is 0.348 e. The van der Waals surface area contributed by atoms with Gasteiger partial charge in [-0.05, 0) is 36.6 Å². The van der Waals surface area contributed by atoms with Crippen LogP contribution in [0.3, 0.4) is 0 Å². The number of nitrogens with one attached hydrogen (secondary N) is 1. The number of carbonyl (C=O) groups excluding carboxylic acids is 1. The van der Waals surface area contributed by atoms with Crippen molar-refractivity contribution in [3.8, 4) is 0 Å². The van der Waals surface area contributed by atoms with Gasteiger partial charge in [-0.1, -0.05) is 13.3 Å². The lowest BCUT2D eigenvalue weighted by Gasteiger charge is -2.09. The van der Waals surface area contributed by atoms with E-state index in [1.165, 1.54) is 18.2 Å². The predicted octanol–water partition coefficient (Wildman–Crippen LogP) is 1.97. The number of nitrogens with two attached hydrogens (primary N) is 2. The zero-order valence-electron chi connectivity index (χ0n) is 10.2. The summed E-state index contributed by atoms with van der Waals surface area (Å²) >= 11 is 0. The second-order valence-corrected chi connectivity index (χ2v) is 3.87. The topological polar surface area (TPSA) is 93.5 Å². The SMILES string of the molecule is CCCCc1cc(F)ccc1NC(=O)N=C(N)N. The summed E-state index contributed by atoms with van der Waals surface area (Å²) in [5.74, 6) is -0.648. The van der Waals surface area contributed by atoms with Crippen molar-refractivity contribution in [1.82, 2.24) is 0 Å². The molecule has 0 aliphatic rings. The van der Waals surface area contributed by atoms with Crippen molar-refractivity contribution >= 4 is 17.7 Å². The number of hydrogen-bond acceptors (Lipinski definition) is 1. The van der Waals surface area contributed by atoms with Crippen molar-refractivity contribution in [2.75, 3.05) is 5.32 Å². The molecule has 6 heteroatoms. The Labute approximate surface area is 105 Å². The van der Waals surface area contributed by atoms with Gasteiger partial charge in [0, 0.05) is 5.69 Å². The van der Waals surface area contributed by atoms with Crippen LogP contribution in [0.2, 0.25) is 0 Å². The molecule has 0 aliphatic carbocycles. The van der Waals surface area contributed by atoms with Crippen LogP contribution in [0.1, 0.15) is 25.3 Å². The van der Waals surface area contributed by atoms with Gasteiger partial charge in [-0.2, -0.15) is 4.99 Å². The van der Waals surface area contributed by atoms with Crippen LogP contribution in [0.4, 0.5) is 14.9 Å². The smallest absolute Gasteiger partial charge is 0.348 e. The summed E-state index contributed by atoms with van der Waals surface area (Å²) in [4.78, 5) is 14.7. The van der Waals surface area contributed by atoms with Crippen LogP contribution in [-0.2, 0) is 6.42 Å². The third-order valence-corrected chi connectivity index (χ3v) is 2.34. The van der Waals surface area contributed by atoms with Gasteiger partial charge in [0.1, 0.15) is 5.82 Å². The summed E-state index contributed by atoms with van der Waals surface area (Å²) in [6.45, 7) is 2.04. The average Bonchev–Trinajstić information content (AvgIpc) is 2.28. The number of carbonyl (C=O) groups is 1. The number of rotatable bonds is 4. The van der Waals surface area contributed by atoms with Crippen LogP contribution in [0.25, 0.3) is 0 Å². The van der Waals surface area contributed by atoms with E-state index in [1.807, 2.05) is 6.92 Å². The molecule has 0 aromatic heterocycles. The quantitative estimate of drug-likeness (QED) is 0.565. The van der Waals surface area contributed by atoms with Gasteiger partial charge in [0.2, 0.25) is 0 Å². The molecule has 0 aliphatic heterocycles. The van der Waals surface area contributed by atoms with Gasteiger partial charge >= 0.3 is 6.03 Å². The number of unbranched alkanes of at least 4 members (excludes halogenated alkanes) is 1. The molecule has 0 fully saturated rings. The van der Waals surface area contributed by atoms with Gasteiger partial charge in [0.15, 0.2) is 5.96 Å². The summed E-state index contributed by atoms with van der Waals surface area (Å²) < 4.78 is 13.1. The van der Waals surface area contributed by atoms with E-state index in [1.54, 1.807) is 0 Å². The van der Waals surface area contributed by atoms with E-state index in [-0.39, 0.29) is 11.8 Å². The second kappa shape index (κ2) is 6.58. The van der Waals surface area contributed by atoms with Crippen molar-refractivity contribution < 1.29 is 9.18 Å². The Bertz CT molecular complexity index is 455. The minimum Gasteiger partial charge on any atom is -0.370 e. The molecule has 18 heavy (non-hydrogen) atoms. The van der Waals surface area contributed by atoms with Gasteiger partial charge < -0.3 is 16.8 Å². The van der Waals surface area contributed by atoms with Crippen molar-refractivity contribution in [1.29, 1.82) is 0 Å². The van der Waals surface area contributed by atoms with Crippen LogP contribution in [0.5, 0.6) is 0 Å². The Morgan fingerprint density at radius 3 is 2.78 bits per heavy atom. The summed E-state index contributed by atoms with van der Waals surface area (Å²) in [6.07, 6.45) is 2.58. The van der Waals surface area contributed by atoms with Crippen molar-refractivity contribution in [2.45, 2.75) is 26.2 Å². The van der Waals surface area contributed by atoms with E-state index in [9.17, 15) is 9.18 Å². The molecular weight excluding hydrogens is 235 g/mol. The Morgan fingerprint density at radius 1 is 1.44 bits per heavy atom. The molecule has 0 unspecified atom stereocenters. The molecule has 5 nitrogen and oxygen atoms in total. The first-order valence-electron chi connectivity index (χ1n) is 5.72. The zero-order valence-corrected chi connectivity index (χ0v) is 10.2. The Morgan fingerprint density at radius 2 is 2.17 bits per heavy atom. The lowest BCUT2D eigenvalue weighted by atomic mass is 10.1. The number of halogens is 1. The number of aryl methyl sites for hydroxylation is 1. The minimum absolute atomic E-state index is 0.315. The molecule has 0 heterocycles. The number of amides is 2. The third-order valence-electron chi connectivity index (χ3n) is 2.34. The molecular formula is C12H17FN4O. The van der Waals surface area contributed by atoms with Gasteiger partial charge in [-0.15, -0.1) is 0 Å². The highest BCUT2D eigenvalue weighted by atomic mass is 19.1. The van der Waals surface area contributed by atoms with E-state index < -0.39 is 6.03 Å². The molecule has 0 atom stereocenters. The van der Waals surface area contributed by atoms with Crippen LogP contribution in [-0.4, -0.2) is 12.0 Å². The fraction of sp³-hybridized carbons (Fsp3) is 0.333. The number of aliphatic imine (C=N–C) groups is 1. The first-order chi connectivity index (χ1) is 8.52. The van der Waals surface area contributed by atoms with Gasteiger partial charge in [-0.3, -0.25) is 0 Å². The Kier molecular flexibility index (Phi) is 5.10. The summed E-state index contributed by atoms with van der Waals surface area (Å²) in [6, 6.07) is 3.52. The fourth-order valence-corrected chi connectivity index (χ4v) is 1.52. The monoisotopic (exact) mass is 252 g/mol. The van der Waals surface area contributed by atoms with Crippen LogP contribution in [0.15, 0.2) is 23.2 Å². The van der Waals surface area contributed by atoms with Crippen LogP contribution in [0, 0.1) is 5.82 Å². The highest BCUT2D eigenvalue weighted by molar-refractivity contribution is 5.98. The molecule has 98 valence electrons. The number of urea groups is 1. The van der Waals surface area contributed by atoms with Crippen LogP contribution >= 0.6 is 0 Å². The fourth-order valence-electron chi connectivity index (χ4n) is 1.52. The highest BCUT2D eigenvalue weighted by Gasteiger charge is 2.07. The van der Waals surface area contributed by atoms with Gasteiger partial charge in [0.25, 0.3) is 0 Å². The molecule has 0 bridgehead atoms. The molecule has 0 radical (unpaired) electrons. The van der Waals surface area contributed by atoms with E-state index in [2.05, 4.69) is 10.3 Å². The number of benzene rings is 1. The maximum atomic E-state index is 13.1. The van der Waals surface area contributed by atoms with Crippen molar-refractivity contribution in [3.63, 3.8) is 0 Å². The minimum atomic E-state index is -0.667. The lowest BCUT2D eigenvalue weighted by molar-refractivity contribution is 0.259. The average molecular weight is 252 g/mol. The molecule has 1 rings (SSSR count). The maximum absolute atomic E-state index is 13.1. The molecule has 1 aromatic rings. The lowest BCUT2D eigenvalue weighted by Crippen LogP contribution is -2.25. The van der Waals surface area contributed by atoms with Gasteiger partial charge in [-0.25, -0.2) is 9.18 Å². The first kappa shape index (κ1) is 14.0. The van der Waals surface area contributed by atoms with E-state index >= 15 is 0 Å². The molecule has 0 saturated heterocycles.